The van der Waals surface area contributed by atoms with Crippen LogP contribution in [0.1, 0.15) is 24.3 Å². The number of ketones is 1. The molecule has 0 saturated heterocycles. The monoisotopic (exact) mass is 540 g/mol. The number of carbonyl (C=O) groups is 2. The molecule has 8 nitrogen and oxygen atoms in total. The van der Waals surface area contributed by atoms with Crippen molar-refractivity contribution in [2.75, 3.05) is 33.5 Å². The van der Waals surface area contributed by atoms with Crippen LogP contribution in [-0.2, 0) is 14.3 Å². The summed E-state index contributed by atoms with van der Waals surface area (Å²) >= 11 is 1.25. The zero-order chi connectivity index (χ0) is 27.7. The lowest BCUT2D eigenvalue weighted by molar-refractivity contribution is -0.117. The van der Waals surface area contributed by atoms with E-state index in [0.717, 1.165) is 0 Å². The summed E-state index contributed by atoms with van der Waals surface area (Å²) in [6.45, 7) is 6.96. The minimum Gasteiger partial charge on any atom is -0.493 e. The Balaban J connectivity index is 1.81. The predicted molar refractivity (Wildman–Crippen MR) is 145 cm³/mol. The van der Waals surface area contributed by atoms with E-state index in [-0.39, 0.29) is 48.4 Å². The predicted octanol–water partition coefficient (Wildman–Crippen LogP) is 4.80. The molecular formula is C28H29FN2O6S. The van der Waals surface area contributed by atoms with Crippen molar-refractivity contribution in [1.29, 1.82) is 0 Å². The Morgan fingerprint density at radius 2 is 2.03 bits per heavy atom. The summed E-state index contributed by atoms with van der Waals surface area (Å²) in [5.41, 5.74) is 1.47. The van der Waals surface area contributed by atoms with Crippen molar-refractivity contribution in [2.45, 2.75) is 13.8 Å². The summed E-state index contributed by atoms with van der Waals surface area (Å²) in [7, 11) is 1.41. The molecule has 0 atom stereocenters. The second kappa shape index (κ2) is 13.5. The number of fused-ring (bicyclic) bond motifs is 1. The second-order valence-corrected chi connectivity index (χ2v) is 8.76. The van der Waals surface area contributed by atoms with E-state index in [1.165, 1.54) is 42.7 Å². The summed E-state index contributed by atoms with van der Waals surface area (Å²) in [5.74, 6) is -0.273. The highest BCUT2D eigenvalue weighted by Crippen LogP contribution is 2.38. The summed E-state index contributed by atoms with van der Waals surface area (Å²) < 4.78 is 31.1. The highest BCUT2D eigenvalue weighted by Gasteiger charge is 2.19. The van der Waals surface area contributed by atoms with Gasteiger partial charge in [-0.3, -0.25) is 9.59 Å². The van der Waals surface area contributed by atoms with E-state index in [0.29, 0.717) is 33.7 Å². The molecule has 0 fully saturated rings. The average Bonchev–Trinajstić information content (AvgIpc) is 3.36. The number of ether oxygens (including phenoxy) is 3. The van der Waals surface area contributed by atoms with Gasteiger partial charge in [0.05, 0.1) is 31.6 Å². The smallest absolute Gasteiger partial charge is 0.247 e. The number of halogens is 1. The number of Topliss-reactive ketones (excluding diaryl/α,β-unsaturated/α-hetero) is 1. The van der Waals surface area contributed by atoms with Crippen LogP contribution in [0.3, 0.4) is 0 Å². The van der Waals surface area contributed by atoms with Crippen LogP contribution in [0.15, 0.2) is 71.5 Å². The molecule has 0 aliphatic carbocycles. The fraction of sp³-hybridized carbons (Fsp3) is 0.250. The first-order chi connectivity index (χ1) is 18.3. The van der Waals surface area contributed by atoms with Gasteiger partial charge in [0.2, 0.25) is 5.91 Å². The number of hydrogen-bond acceptors (Lipinski definition) is 8. The van der Waals surface area contributed by atoms with Crippen LogP contribution in [0.5, 0.6) is 5.75 Å². The van der Waals surface area contributed by atoms with E-state index >= 15 is 0 Å². The molecule has 200 valence electrons. The minimum absolute atomic E-state index is 0.0367. The molecule has 3 rings (SSSR count). The number of nitrogens with one attached hydrogen (secondary N) is 1. The molecule has 1 amide bonds. The van der Waals surface area contributed by atoms with Gasteiger partial charge in [-0.15, -0.1) is 11.3 Å². The van der Waals surface area contributed by atoms with Gasteiger partial charge in [-0.2, -0.15) is 0 Å². The van der Waals surface area contributed by atoms with Crippen LogP contribution in [0.4, 0.5) is 4.39 Å². The quantitative estimate of drug-likeness (QED) is 0.139. The molecule has 0 radical (unpaired) electrons. The van der Waals surface area contributed by atoms with E-state index in [1.807, 2.05) is 6.92 Å². The number of aromatic nitrogens is 1. The van der Waals surface area contributed by atoms with Gasteiger partial charge >= 0.3 is 0 Å². The molecule has 1 aromatic carbocycles. The normalized spacial score (nSPS) is 12.1. The van der Waals surface area contributed by atoms with Gasteiger partial charge in [-0.1, -0.05) is 18.7 Å². The molecular weight excluding hydrogens is 511 g/mol. The molecule has 0 aliphatic rings. The van der Waals surface area contributed by atoms with Crippen molar-refractivity contribution in [2.24, 2.45) is 0 Å². The highest BCUT2D eigenvalue weighted by molar-refractivity contribution is 7.17. The Hall–Kier alpha value is -4.02. The van der Waals surface area contributed by atoms with Crippen molar-refractivity contribution >= 4 is 33.1 Å². The lowest BCUT2D eigenvalue weighted by Gasteiger charge is -2.12. The Bertz CT molecular complexity index is 1400. The number of pyridine rings is 1. The van der Waals surface area contributed by atoms with E-state index in [4.69, 9.17) is 19.3 Å². The molecule has 2 heterocycles. The Kier molecular flexibility index (Phi) is 10.1. The maximum absolute atomic E-state index is 14.3. The standard InChI is InChI=1S/C28H29FN2O6S/c1-5-23(37-13-12-32)25(35-4)14-17(3)28(34)30-15-22(33)21-10-11-24(36-6-2)26(31-21)19-16-38-27-18(19)8-7-9-20(27)29/h5,7-11,14,16,32H,1,6,12-13,15H2,2-4H3,(H,30,34)/b17-14+,25-23-. The SMILES string of the molecule is C=C/C(OCCO)=C(\C=C(/C)C(=O)NCC(=O)c1ccc(OCC)c(-c2csc3c(F)cccc23)n1)OC. The van der Waals surface area contributed by atoms with Crippen molar-refractivity contribution in [1.82, 2.24) is 10.3 Å². The zero-order valence-electron chi connectivity index (χ0n) is 21.4. The van der Waals surface area contributed by atoms with Gasteiger partial charge in [-0.05, 0) is 44.2 Å². The number of aliphatic hydroxyl groups is 1. The molecule has 38 heavy (non-hydrogen) atoms. The maximum Gasteiger partial charge on any atom is 0.247 e. The molecule has 0 bridgehead atoms. The van der Waals surface area contributed by atoms with Gasteiger partial charge < -0.3 is 24.6 Å². The molecule has 10 heteroatoms. The van der Waals surface area contributed by atoms with Gasteiger partial charge in [0.1, 0.15) is 29.6 Å². The van der Waals surface area contributed by atoms with E-state index in [2.05, 4.69) is 16.9 Å². The lowest BCUT2D eigenvalue weighted by atomic mass is 10.1. The first-order valence-corrected chi connectivity index (χ1v) is 12.7. The number of benzene rings is 1. The van der Waals surface area contributed by atoms with Crippen molar-refractivity contribution in [3.8, 4) is 17.0 Å². The van der Waals surface area contributed by atoms with Crippen molar-refractivity contribution in [3.05, 3.63) is 83.0 Å². The number of methoxy groups -OCH3 is 1. The summed E-state index contributed by atoms with van der Waals surface area (Å²) in [4.78, 5) is 30.1. The van der Waals surface area contributed by atoms with Crippen molar-refractivity contribution < 1.29 is 33.3 Å². The van der Waals surface area contributed by atoms with Crippen LogP contribution in [0.25, 0.3) is 21.3 Å². The number of nitrogens with zero attached hydrogens (tertiary/aromatic N) is 1. The molecule has 2 N–H and O–H groups in total. The lowest BCUT2D eigenvalue weighted by Crippen LogP contribution is -2.30. The van der Waals surface area contributed by atoms with Gasteiger partial charge in [0.25, 0.3) is 0 Å². The molecule has 0 unspecified atom stereocenters. The molecule has 2 aromatic heterocycles. The van der Waals surface area contributed by atoms with E-state index < -0.39 is 11.7 Å². The van der Waals surface area contributed by atoms with Crippen LogP contribution < -0.4 is 10.1 Å². The Labute approximate surface area is 224 Å². The van der Waals surface area contributed by atoms with Crippen molar-refractivity contribution in [3.63, 3.8) is 0 Å². The highest BCUT2D eigenvalue weighted by atomic mass is 32.1. The van der Waals surface area contributed by atoms with Gasteiger partial charge in [-0.25, -0.2) is 9.37 Å². The topological polar surface area (TPSA) is 107 Å². The fourth-order valence-corrected chi connectivity index (χ4v) is 4.50. The van der Waals surface area contributed by atoms with Gasteiger partial charge in [0, 0.05) is 21.9 Å². The summed E-state index contributed by atoms with van der Waals surface area (Å²) in [5, 5.41) is 14.0. The third kappa shape index (κ3) is 6.64. The zero-order valence-corrected chi connectivity index (χ0v) is 22.2. The first kappa shape index (κ1) is 28.5. The number of thiophene rings is 1. The van der Waals surface area contributed by atoms with E-state index in [1.54, 1.807) is 30.5 Å². The fourth-order valence-electron chi connectivity index (χ4n) is 3.54. The number of carbonyl (C=O) groups excluding carboxylic acids is 2. The van der Waals surface area contributed by atoms with E-state index in [9.17, 15) is 14.0 Å². The molecule has 0 saturated carbocycles. The summed E-state index contributed by atoms with van der Waals surface area (Å²) in [6, 6.07) is 7.98. The van der Waals surface area contributed by atoms with Crippen LogP contribution in [0, 0.1) is 5.82 Å². The van der Waals surface area contributed by atoms with Crippen LogP contribution in [-0.4, -0.2) is 55.3 Å². The first-order valence-electron chi connectivity index (χ1n) is 11.8. The Morgan fingerprint density at radius 3 is 2.71 bits per heavy atom. The molecule has 0 aliphatic heterocycles. The summed E-state index contributed by atoms with van der Waals surface area (Å²) in [6.07, 6.45) is 2.85. The number of aliphatic hydroxyl groups excluding tert-OH is 1. The third-order valence-corrected chi connectivity index (χ3v) is 6.37. The number of allylic oxidation sites excluding steroid dienone is 2. The Morgan fingerprint density at radius 1 is 1.24 bits per heavy atom. The maximum atomic E-state index is 14.3. The van der Waals surface area contributed by atoms with Crippen LogP contribution in [0.2, 0.25) is 0 Å². The number of hydrogen-bond donors (Lipinski definition) is 2. The minimum atomic E-state index is -0.496. The number of rotatable bonds is 13. The average molecular weight is 541 g/mol. The van der Waals surface area contributed by atoms with Gasteiger partial charge in [0.15, 0.2) is 17.3 Å². The van der Waals surface area contributed by atoms with Crippen LogP contribution >= 0.6 is 11.3 Å². The third-order valence-electron chi connectivity index (χ3n) is 5.36. The number of amides is 1. The largest absolute Gasteiger partial charge is 0.493 e. The second-order valence-electron chi connectivity index (χ2n) is 7.88. The molecule has 3 aromatic rings. The molecule has 0 spiro atoms.